The smallest absolute Gasteiger partial charge is 0.258 e. The van der Waals surface area contributed by atoms with Crippen LogP contribution in [0.3, 0.4) is 0 Å². The minimum Gasteiger partial charge on any atom is -0.331 e. The van der Waals surface area contributed by atoms with Crippen LogP contribution in [-0.2, 0) is 6.54 Å². The maximum atomic E-state index is 13.4. The van der Waals surface area contributed by atoms with Crippen LogP contribution in [0.25, 0.3) is 22.0 Å². The van der Waals surface area contributed by atoms with E-state index in [1.54, 1.807) is 41.3 Å². The Morgan fingerprint density at radius 1 is 0.970 bits per heavy atom. The Balaban J connectivity index is 1.47. The average Bonchev–Trinajstić information content (AvgIpc) is 3.10. The van der Waals surface area contributed by atoms with E-state index in [1.807, 2.05) is 31.2 Å². The highest BCUT2D eigenvalue weighted by Gasteiger charge is 2.28. The third-order valence-corrected chi connectivity index (χ3v) is 6.05. The fourth-order valence-corrected chi connectivity index (χ4v) is 4.45. The number of halogens is 1. The van der Waals surface area contributed by atoms with E-state index < -0.39 is 0 Å². The number of H-pyrrole nitrogens is 1. The van der Waals surface area contributed by atoms with Gasteiger partial charge < -0.3 is 9.88 Å². The number of benzene rings is 3. The Hall–Kier alpha value is -3.77. The van der Waals surface area contributed by atoms with Crippen molar-refractivity contribution in [3.63, 3.8) is 0 Å². The number of aromatic nitrogens is 2. The molecule has 0 saturated carbocycles. The molecule has 5 rings (SSSR count). The molecule has 1 amide bonds. The fourth-order valence-electron chi connectivity index (χ4n) is 4.28. The van der Waals surface area contributed by atoms with Gasteiger partial charge in [-0.1, -0.05) is 48.9 Å². The molecule has 0 spiro atoms. The maximum Gasteiger partial charge on any atom is 0.258 e. The van der Waals surface area contributed by atoms with Gasteiger partial charge in [-0.25, -0.2) is 4.98 Å². The quantitative estimate of drug-likeness (QED) is 0.409. The van der Waals surface area contributed by atoms with Crippen molar-refractivity contribution in [3.05, 3.63) is 98.6 Å². The molecule has 0 bridgehead atoms. The minimum absolute atomic E-state index is 0.0744. The summed E-state index contributed by atoms with van der Waals surface area (Å²) in [6, 6.07) is 17.6. The summed E-state index contributed by atoms with van der Waals surface area (Å²) in [4.78, 5) is 47.6. The highest BCUT2D eigenvalue weighted by atomic mass is 35.5. The Kier molecular flexibility index (Phi) is 5.30. The molecule has 1 aliphatic carbocycles. The maximum absolute atomic E-state index is 13.4. The van der Waals surface area contributed by atoms with Crippen LogP contribution in [0.2, 0.25) is 5.02 Å². The Bertz CT molecular complexity index is 1490. The standard InChI is InChI=1S/C26H20ClN3O3/c1-2-11-30(14-23-28-22-13-16(27)8-10-20(22)25(32)29-23)26(33)15-7-9-18-17-5-3-4-6-19(17)24(31)21(18)12-15/h3-10,12-13H,2,11,14H2,1H3,(H,28,29,32). The molecule has 0 saturated heterocycles. The SMILES string of the molecule is CCCN(Cc1nc2cc(Cl)ccc2c(=O)[nH]1)C(=O)c1ccc2c(c1)C(=O)c1ccccc1-2. The van der Waals surface area contributed by atoms with Crippen molar-refractivity contribution in [2.75, 3.05) is 6.54 Å². The third-order valence-electron chi connectivity index (χ3n) is 5.81. The molecule has 4 aromatic rings. The predicted molar refractivity (Wildman–Crippen MR) is 128 cm³/mol. The van der Waals surface area contributed by atoms with E-state index in [0.29, 0.717) is 45.0 Å². The van der Waals surface area contributed by atoms with Crippen LogP contribution in [0.1, 0.15) is 45.4 Å². The molecular weight excluding hydrogens is 438 g/mol. The highest BCUT2D eigenvalue weighted by Crippen LogP contribution is 2.36. The largest absolute Gasteiger partial charge is 0.331 e. The number of ketones is 1. The third kappa shape index (κ3) is 3.72. The molecule has 1 N–H and O–H groups in total. The molecule has 0 unspecified atom stereocenters. The summed E-state index contributed by atoms with van der Waals surface area (Å²) in [5, 5.41) is 0.921. The first-order valence-corrected chi connectivity index (χ1v) is 11.1. The van der Waals surface area contributed by atoms with Crippen molar-refractivity contribution in [1.82, 2.24) is 14.9 Å². The minimum atomic E-state index is -0.281. The lowest BCUT2D eigenvalue weighted by Crippen LogP contribution is -2.33. The molecule has 6 nitrogen and oxygen atoms in total. The Morgan fingerprint density at radius 2 is 1.73 bits per heavy atom. The molecule has 0 fully saturated rings. The van der Waals surface area contributed by atoms with Gasteiger partial charge in [0.2, 0.25) is 0 Å². The van der Waals surface area contributed by atoms with Crippen LogP contribution < -0.4 is 5.56 Å². The van der Waals surface area contributed by atoms with Gasteiger partial charge in [-0.15, -0.1) is 0 Å². The van der Waals surface area contributed by atoms with Crippen LogP contribution in [0.5, 0.6) is 0 Å². The molecule has 1 aromatic heterocycles. The second-order valence-corrected chi connectivity index (χ2v) is 8.47. The first kappa shape index (κ1) is 21.1. The number of fused-ring (bicyclic) bond motifs is 4. The lowest BCUT2D eigenvalue weighted by atomic mass is 10.0. The summed E-state index contributed by atoms with van der Waals surface area (Å²) in [6.07, 6.45) is 0.727. The van der Waals surface area contributed by atoms with Crippen molar-refractivity contribution in [2.24, 2.45) is 0 Å². The zero-order chi connectivity index (χ0) is 23.1. The Morgan fingerprint density at radius 3 is 2.52 bits per heavy atom. The predicted octanol–water partition coefficient (Wildman–Crippen LogP) is 4.84. The fraction of sp³-hybridized carbons (Fsp3) is 0.154. The molecule has 1 heterocycles. The number of carbonyl (C=O) groups excluding carboxylic acids is 2. The topological polar surface area (TPSA) is 83.1 Å². The van der Waals surface area contributed by atoms with Gasteiger partial charge in [0, 0.05) is 28.3 Å². The van der Waals surface area contributed by atoms with Crippen LogP contribution in [0.15, 0.2) is 65.5 Å². The van der Waals surface area contributed by atoms with Crippen molar-refractivity contribution >= 4 is 34.2 Å². The van der Waals surface area contributed by atoms with Crippen LogP contribution in [0.4, 0.5) is 0 Å². The summed E-state index contributed by atoms with van der Waals surface area (Å²) in [5.74, 6) is 0.0770. The van der Waals surface area contributed by atoms with Crippen LogP contribution in [0, 0.1) is 0 Å². The van der Waals surface area contributed by atoms with Crippen LogP contribution in [-0.4, -0.2) is 33.1 Å². The van der Waals surface area contributed by atoms with Crippen molar-refractivity contribution in [3.8, 4) is 11.1 Å². The van der Waals surface area contributed by atoms with E-state index in [-0.39, 0.29) is 23.8 Å². The lowest BCUT2D eigenvalue weighted by molar-refractivity contribution is 0.0739. The summed E-state index contributed by atoms with van der Waals surface area (Å²) in [5.41, 5.74) is 3.53. The van der Waals surface area contributed by atoms with Crippen molar-refractivity contribution < 1.29 is 9.59 Å². The molecular formula is C26H20ClN3O3. The average molecular weight is 458 g/mol. The Labute approximate surface area is 194 Å². The zero-order valence-electron chi connectivity index (χ0n) is 17.9. The van der Waals surface area contributed by atoms with Gasteiger partial charge in [-0.3, -0.25) is 14.4 Å². The monoisotopic (exact) mass is 457 g/mol. The normalized spacial score (nSPS) is 12.0. The van der Waals surface area contributed by atoms with Gasteiger partial charge in [0.25, 0.3) is 11.5 Å². The zero-order valence-corrected chi connectivity index (χ0v) is 18.6. The molecule has 164 valence electrons. The summed E-state index contributed by atoms with van der Waals surface area (Å²) in [6.45, 7) is 2.58. The second-order valence-electron chi connectivity index (χ2n) is 8.04. The number of hydrogen-bond donors (Lipinski definition) is 1. The van der Waals surface area contributed by atoms with Gasteiger partial charge in [-0.2, -0.15) is 0 Å². The number of aromatic amines is 1. The van der Waals surface area contributed by atoms with Crippen molar-refractivity contribution in [1.29, 1.82) is 0 Å². The summed E-state index contributed by atoms with van der Waals surface area (Å²) in [7, 11) is 0. The molecule has 3 aromatic carbocycles. The van der Waals surface area contributed by atoms with Gasteiger partial charge in [0.1, 0.15) is 5.82 Å². The first-order valence-electron chi connectivity index (χ1n) is 10.7. The van der Waals surface area contributed by atoms with E-state index in [4.69, 9.17) is 11.6 Å². The number of hydrogen-bond acceptors (Lipinski definition) is 4. The highest BCUT2D eigenvalue weighted by molar-refractivity contribution is 6.31. The molecule has 7 heteroatoms. The van der Waals surface area contributed by atoms with E-state index >= 15 is 0 Å². The summed E-state index contributed by atoms with van der Waals surface area (Å²) < 4.78 is 0. The number of nitrogens with one attached hydrogen (secondary N) is 1. The molecule has 0 radical (unpaired) electrons. The van der Waals surface area contributed by atoms with E-state index in [0.717, 1.165) is 17.5 Å². The number of rotatable bonds is 5. The summed E-state index contributed by atoms with van der Waals surface area (Å²) >= 11 is 6.06. The van der Waals surface area contributed by atoms with Crippen molar-refractivity contribution in [2.45, 2.75) is 19.9 Å². The second kappa shape index (κ2) is 8.30. The first-order chi connectivity index (χ1) is 16.0. The lowest BCUT2D eigenvalue weighted by Gasteiger charge is -2.22. The molecule has 0 aliphatic heterocycles. The van der Waals surface area contributed by atoms with Gasteiger partial charge in [-0.05, 0) is 47.9 Å². The molecule has 0 atom stereocenters. The van der Waals surface area contributed by atoms with E-state index in [2.05, 4.69) is 9.97 Å². The number of nitrogens with zero attached hydrogens (tertiary/aromatic N) is 2. The van der Waals surface area contributed by atoms with Gasteiger partial charge in [0.15, 0.2) is 5.78 Å². The van der Waals surface area contributed by atoms with Crippen LogP contribution >= 0.6 is 11.6 Å². The molecule has 1 aliphatic rings. The number of carbonyl (C=O) groups is 2. The van der Waals surface area contributed by atoms with E-state index in [1.165, 1.54) is 0 Å². The van der Waals surface area contributed by atoms with Gasteiger partial charge in [0.05, 0.1) is 17.4 Å². The van der Waals surface area contributed by atoms with E-state index in [9.17, 15) is 14.4 Å². The van der Waals surface area contributed by atoms with Gasteiger partial charge >= 0.3 is 0 Å². The molecule has 33 heavy (non-hydrogen) atoms. The number of amides is 1.